The molecule has 2 aromatic heterocycles. The number of aryl methyl sites for hydroxylation is 2. The van der Waals surface area contributed by atoms with Crippen LogP contribution in [0.4, 0.5) is 0 Å². The summed E-state index contributed by atoms with van der Waals surface area (Å²) in [4.78, 5) is 71.3. The molecule has 6 aliphatic heterocycles. The molecule has 0 spiro atoms. The topological polar surface area (TPSA) is 212 Å². The third-order valence-electron chi connectivity index (χ3n) is 24.9. The van der Waals surface area contributed by atoms with Crippen molar-refractivity contribution in [2.75, 3.05) is 67.7 Å². The largest absolute Gasteiger partial charge is 0.497 e. The molecule has 6 aliphatic rings. The number of nitrogens with zero attached hydrogens (tertiary/aromatic N) is 8. The van der Waals surface area contributed by atoms with Crippen LogP contribution in [0.2, 0.25) is 0 Å². The predicted molar refractivity (Wildman–Crippen MR) is 426 cm³/mol. The third kappa shape index (κ3) is 16.2. The van der Waals surface area contributed by atoms with Crippen molar-refractivity contribution in [1.82, 2.24) is 44.0 Å². The summed E-state index contributed by atoms with van der Waals surface area (Å²) in [6.07, 6.45) is 15.6. The first-order valence-corrected chi connectivity index (χ1v) is 39.0. The molecule has 8 heterocycles. The number of para-hydroxylation sites is 4. The average molecular weight is 1470 g/mol. The van der Waals surface area contributed by atoms with E-state index in [2.05, 4.69) is 147 Å². The minimum Gasteiger partial charge on any atom is -0.497 e. The number of amides is 3. The van der Waals surface area contributed by atoms with Gasteiger partial charge in [-0.15, -0.1) is 0 Å². The quantitative estimate of drug-likeness (QED) is 0.0611. The van der Waals surface area contributed by atoms with E-state index >= 15 is 0 Å². The van der Waals surface area contributed by atoms with Crippen LogP contribution in [0.25, 0.3) is 22.1 Å². The van der Waals surface area contributed by atoms with Crippen LogP contribution < -0.4 is 30.0 Å². The van der Waals surface area contributed by atoms with E-state index in [0.717, 1.165) is 96.9 Å². The first kappa shape index (κ1) is 75.5. The number of aromatic carboxylic acids is 1. The van der Waals surface area contributed by atoms with E-state index in [-0.39, 0.29) is 34.1 Å². The number of hydrogen-bond donors (Lipinski definition) is 3. The Morgan fingerprint density at radius 3 is 1.28 bits per heavy atom. The summed E-state index contributed by atoms with van der Waals surface area (Å²) in [5.41, 5.74) is 16.4. The van der Waals surface area contributed by atoms with Gasteiger partial charge in [0, 0.05) is 115 Å². The lowest BCUT2D eigenvalue weighted by Crippen LogP contribution is -2.49. The SMILES string of the molecule is COc1ccc(CN)c(OC)c1.COc1ccc(CNC(=O)c2cccc(C(=O)N3CCC(CCN4[C@@H]5CC[C@H]4CC(n4c(C)nc6ccccc64)C5)(c4ccccc4)CC3)c2)c(OC)c1.Cc1nc2ccccc2n1C1C[C@H]2CC[C@@H](C1)N2CCC1(c2ccccc2)CCN(C(=O)c2cccc(C(=O)O)c2)CC1. The second-order valence-corrected chi connectivity index (χ2v) is 30.6. The van der Waals surface area contributed by atoms with Crippen molar-refractivity contribution >= 4 is 45.8 Å². The molecule has 8 aromatic carbocycles. The van der Waals surface area contributed by atoms with Gasteiger partial charge in [0.1, 0.15) is 34.6 Å². The van der Waals surface area contributed by atoms with Gasteiger partial charge >= 0.3 is 5.97 Å². The molecular formula is C90H104N10O9. The Morgan fingerprint density at radius 2 is 0.853 bits per heavy atom. The lowest BCUT2D eigenvalue weighted by molar-refractivity contribution is 0.0598. The fraction of sp³-hybridized carbons (Fsp3) is 0.400. The Balaban J connectivity index is 0.000000161. The maximum atomic E-state index is 13.9. The van der Waals surface area contributed by atoms with Crippen molar-refractivity contribution in [1.29, 1.82) is 0 Å². The molecule has 4 N–H and O–H groups in total. The van der Waals surface area contributed by atoms with Crippen LogP contribution in [0.5, 0.6) is 23.0 Å². The molecule has 19 nitrogen and oxygen atoms in total. The Kier molecular flexibility index (Phi) is 23.3. The van der Waals surface area contributed by atoms with Gasteiger partial charge in [-0.25, -0.2) is 14.8 Å². The lowest BCUT2D eigenvalue weighted by Gasteiger charge is -2.45. The highest BCUT2D eigenvalue weighted by Gasteiger charge is 2.47. The van der Waals surface area contributed by atoms with Crippen molar-refractivity contribution in [3.8, 4) is 23.0 Å². The summed E-state index contributed by atoms with van der Waals surface area (Å²) in [5, 5.41) is 12.4. The normalized spacial score (nSPS) is 20.7. The molecule has 6 saturated heterocycles. The predicted octanol–water partition coefficient (Wildman–Crippen LogP) is 15.4. The van der Waals surface area contributed by atoms with Gasteiger partial charge in [0.25, 0.3) is 17.7 Å². The van der Waals surface area contributed by atoms with Gasteiger partial charge < -0.3 is 54.0 Å². The number of carboxylic acids is 1. The van der Waals surface area contributed by atoms with E-state index in [0.29, 0.717) is 104 Å². The zero-order valence-electron chi connectivity index (χ0n) is 63.9. The van der Waals surface area contributed by atoms with Crippen LogP contribution in [0.3, 0.4) is 0 Å². The number of carbonyl (C=O) groups excluding carboxylic acids is 3. The van der Waals surface area contributed by atoms with E-state index in [4.69, 9.17) is 34.6 Å². The minimum atomic E-state index is -1.01. The van der Waals surface area contributed by atoms with Crippen LogP contribution in [-0.2, 0) is 23.9 Å². The lowest BCUT2D eigenvalue weighted by atomic mass is 9.70. The Labute approximate surface area is 640 Å². The Hall–Kier alpha value is -10.3. The molecule has 16 rings (SSSR count). The number of carbonyl (C=O) groups is 4. The molecule has 0 aliphatic carbocycles. The number of rotatable bonds is 21. The van der Waals surface area contributed by atoms with E-state index in [9.17, 15) is 24.3 Å². The zero-order valence-corrected chi connectivity index (χ0v) is 63.9. The number of nitrogens with one attached hydrogen (secondary N) is 1. The van der Waals surface area contributed by atoms with Gasteiger partial charge in [-0.1, -0.05) is 103 Å². The summed E-state index contributed by atoms with van der Waals surface area (Å²) >= 11 is 0. The van der Waals surface area contributed by atoms with Gasteiger partial charge in [0.15, 0.2) is 0 Å². The average Bonchev–Trinajstić information content (AvgIpc) is 1.56. The monoisotopic (exact) mass is 1470 g/mol. The van der Waals surface area contributed by atoms with Crippen LogP contribution >= 0.6 is 0 Å². The number of benzene rings is 8. The number of aromatic nitrogens is 4. The van der Waals surface area contributed by atoms with Crippen LogP contribution in [-0.4, -0.2) is 159 Å². The first-order chi connectivity index (χ1) is 53.1. The van der Waals surface area contributed by atoms with Gasteiger partial charge in [-0.3, -0.25) is 24.2 Å². The number of carboxylic acid groups (broad SMARTS) is 1. The van der Waals surface area contributed by atoms with Gasteiger partial charge in [0.2, 0.25) is 0 Å². The number of nitrogens with two attached hydrogens (primary N) is 1. The number of methoxy groups -OCH3 is 4. The highest BCUT2D eigenvalue weighted by atomic mass is 16.5. The van der Waals surface area contributed by atoms with Gasteiger partial charge in [0.05, 0.1) is 56.1 Å². The van der Waals surface area contributed by atoms with Crippen LogP contribution in [0, 0.1) is 13.8 Å². The van der Waals surface area contributed by atoms with Gasteiger partial charge in [-0.2, -0.15) is 0 Å². The molecule has 6 atom stereocenters. The Bertz CT molecular complexity index is 4800. The second-order valence-electron chi connectivity index (χ2n) is 30.6. The maximum Gasteiger partial charge on any atom is 0.335 e. The minimum absolute atomic E-state index is 0.00964. The summed E-state index contributed by atoms with van der Waals surface area (Å²) < 4.78 is 26.0. The van der Waals surface area contributed by atoms with Crippen molar-refractivity contribution in [3.05, 3.63) is 250 Å². The molecule has 4 bridgehead atoms. The number of fused-ring (bicyclic) bond motifs is 6. The van der Waals surface area contributed by atoms with Crippen LogP contribution in [0.1, 0.15) is 177 Å². The summed E-state index contributed by atoms with van der Waals surface area (Å²) in [6.45, 7) is 9.95. The van der Waals surface area contributed by atoms with E-state index in [1.807, 2.05) is 46.2 Å². The number of piperidine rings is 4. The molecular weight excluding hydrogens is 1370 g/mol. The molecule has 0 radical (unpaired) electrons. The van der Waals surface area contributed by atoms with E-state index in [1.54, 1.807) is 64.8 Å². The molecule has 568 valence electrons. The number of imidazole rings is 2. The Morgan fingerprint density at radius 1 is 0.459 bits per heavy atom. The fourth-order valence-electron chi connectivity index (χ4n) is 19.0. The van der Waals surface area contributed by atoms with Crippen molar-refractivity contribution in [3.63, 3.8) is 0 Å². The van der Waals surface area contributed by atoms with Crippen molar-refractivity contribution in [2.24, 2.45) is 5.73 Å². The van der Waals surface area contributed by atoms with Crippen molar-refractivity contribution < 1.29 is 43.2 Å². The third-order valence-corrected chi connectivity index (χ3v) is 24.9. The molecule has 3 amide bonds. The molecule has 19 heteroatoms. The summed E-state index contributed by atoms with van der Waals surface area (Å²) in [5.74, 6) is 3.78. The van der Waals surface area contributed by atoms with Crippen LogP contribution in [0.15, 0.2) is 194 Å². The van der Waals surface area contributed by atoms with E-state index < -0.39 is 5.97 Å². The number of ether oxygens (including phenoxy) is 4. The van der Waals surface area contributed by atoms with Crippen molar-refractivity contribution in [2.45, 2.75) is 164 Å². The first-order valence-electron chi connectivity index (χ1n) is 39.0. The molecule has 109 heavy (non-hydrogen) atoms. The summed E-state index contributed by atoms with van der Waals surface area (Å²) in [7, 11) is 6.44. The zero-order chi connectivity index (χ0) is 75.8. The smallest absolute Gasteiger partial charge is 0.335 e. The fourth-order valence-corrected chi connectivity index (χ4v) is 19.0. The number of hydrogen-bond acceptors (Lipinski definition) is 13. The molecule has 0 saturated carbocycles. The highest BCUT2D eigenvalue weighted by molar-refractivity contribution is 6.00. The standard InChI is InChI=1S/C45H51N5O4.C36H40N4O3.C9H13NO2/c1-31-47-40-14-7-8-15-41(40)50(31)38-27-36-17-18-37(28-38)49(36)25-22-45(35-12-5-4-6-13-35)20-23-48(24-21-45)44(52)33-11-9-10-32(26-33)43(51)46-30-34-16-19-39(53-2)29-42(34)54-3;1-25-37-32-12-5-6-13-33(32)40(25)31-23-29-14-15-30(24-31)39(29)21-18-36(28-10-3-2-4-11-28)16-19-38(20-17-36)34(41)26-8-7-9-27(22-26)35(42)43;1-11-8-4-3-7(6-10)9(5-8)12-2/h4-16,19,26,29,36-38H,17-18,20-25,27-28,30H2,1-3H3,(H,46,51);2-13,22,29-31H,14-21,23-24H2,1H3,(H,42,43);3-5H,6,10H2,1-2H3/t36-,37+,38?;29-,30+,31?;. The maximum absolute atomic E-state index is 13.9. The highest BCUT2D eigenvalue weighted by Crippen LogP contribution is 2.48. The molecule has 10 aromatic rings. The molecule has 2 unspecified atom stereocenters. The van der Waals surface area contributed by atoms with Gasteiger partial charge in [-0.05, 0) is 218 Å². The van der Waals surface area contributed by atoms with E-state index in [1.165, 1.54) is 85.7 Å². The molecule has 6 fully saturated rings. The summed E-state index contributed by atoms with van der Waals surface area (Å²) in [6, 6.07) is 66.9. The second kappa shape index (κ2) is 33.7. The number of likely N-dealkylation sites (tertiary alicyclic amines) is 2.